The number of phenolic OH excluding ortho intramolecular Hbond substituents is 2. The first-order chi connectivity index (χ1) is 19.3. The lowest BCUT2D eigenvalue weighted by Crippen LogP contribution is -3.00. The highest BCUT2D eigenvalue weighted by Gasteiger charge is 2.32. The quantitative estimate of drug-likeness (QED) is 0.137. The summed E-state index contributed by atoms with van der Waals surface area (Å²) in [5.41, 5.74) is 0.882. The lowest BCUT2D eigenvalue weighted by Gasteiger charge is -2.41. The number of halogens is 1. The lowest BCUT2D eigenvalue weighted by atomic mass is 10.2. The number of piperazine rings is 1. The summed E-state index contributed by atoms with van der Waals surface area (Å²) in [5.74, 6) is -1.15. The highest BCUT2D eigenvalue weighted by atomic mass is 35.5. The number of carbonyl (C=O) groups excluding carboxylic acids is 4. The normalized spacial score (nSPS) is 14.1. The van der Waals surface area contributed by atoms with Gasteiger partial charge >= 0.3 is 0 Å². The molecule has 2 aromatic rings. The zero-order valence-electron chi connectivity index (χ0n) is 24.2. The average molecular weight is 609 g/mol. The van der Waals surface area contributed by atoms with Crippen LogP contribution in [0.4, 0.5) is 22.7 Å². The number of hydrogen-bond donors (Lipinski definition) is 6. The fourth-order valence-corrected chi connectivity index (χ4v) is 4.48. The maximum Gasteiger partial charge on any atom is 0.279 e. The molecule has 0 aromatic heterocycles. The van der Waals surface area contributed by atoms with Crippen molar-refractivity contribution >= 4 is 46.4 Å². The van der Waals surface area contributed by atoms with Crippen LogP contribution in [-0.2, 0) is 19.2 Å². The van der Waals surface area contributed by atoms with Crippen LogP contribution >= 0.6 is 0 Å². The fraction of sp³-hybridized carbons (Fsp3) is 0.407. The molecule has 15 heteroatoms. The molecule has 1 aliphatic heterocycles. The van der Waals surface area contributed by atoms with E-state index in [4.69, 9.17) is 9.47 Å². The van der Waals surface area contributed by atoms with E-state index in [1.807, 2.05) is 11.9 Å². The molecule has 1 saturated heterocycles. The predicted octanol–water partition coefficient (Wildman–Crippen LogP) is -1.62. The summed E-state index contributed by atoms with van der Waals surface area (Å²) in [6, 6.07) is 5.49. The molecular formula is C27H37ClN6O8. The smallest absolute Gasteiger partial charge is 0.279 e. The number of benzene rings is 2. The van der Waals surface area contributed by atoms with E-state index < -0.39 is 0 Å². The minimum atomic E-state index is -0.358. The van der Waals surface area contributed by atoms with Gasteiger partial charge in [-0.2, -0.15) is 0 Å². The zero-order chi connectivity index (χ0) is 30.3. The van der Waals surface area contributed by atoms with E-state index in [1.54, 1.807) is 0 Å². The van der Waals surface area contributed by atoms with Gasteiger partial charge in [0.05, 0.1) is 63.7 Å². The number of rotatable bonds is 10. The highest BCUT2D eigenvalue weighted by molar-refractivity contribution is 5.97. The second kappa shape index (κ2) is 14.6. The monoisotopic (exact) mass is 608 g/mol. The van der Waals surface area contributed by atoms with Crippen molar-refractivity contribution < 1.29 is 55.8 Å². The molecule has 2 aromatic carbocycles. The van der Waals surface area contributed by atoms with Crippen LogP contribution in [0.5, 0.6) is 23.0 Å². The van der Waals surface area contributed by atoms with Gasteiger partial charge in [0.25, 0.3) is 5.91 Å². The summed E-state index contributed by atoms with van der Waals surface area (Å²) in [5, 5.41) is 30.9. The Bertz CT molecular complexity index is 1330. The molecule has 14 nitrogen and oxygen atoms in total. The molecule has 0 atom stereocenters. The molecule has 6 N–H and O–H groups in total. The number of nitrogens with one attached hydrogen (secondary N) is 4. The van der Waals surface area contributed by atoms with Crippen LogP contribution in [0, 0.1) is 0 Å². The number of likely N-dealkylation sites (N-methyl/N-ethyl adjacent to an activating group) is 1. The SMILES string of the molecule is COc1cc(NC(C)=O)c(O)cc1NC(=O)CN1CC[N+](C)(CC(=O)Nc2cc(O)c(NC(C)=O)cc2OC)CC1.[Cl-]. The van der Waals surface area contributed by atoms with E-state index in [-0.39, 0.29) is 94.9 Å². The van der Waals surface area contributed by atoms with Crippen LogP contribution in [0.2, 0.25) is 0 Å². The van der Waals surface area contributed by atoms with Gasteiger partial charge in [-0.15, -0.1) is 0 Å². The number of quaternary nitrogens is 1. The third kappa shape index (κ3) is 9.12. The van der Waals surface area contributed by atoms with Crippen molar-refractivity contribution in [1.82, 2.24) is 4.90 Å². The maximum absolute atomic E-state index is 12.9. The van der Waals surface area contributed by atoms with E-state index in [9.17, 15) is 29.4 Å². The van der Waals surface area contributed by atoms with Crippen LogP contribution in [0.15, 0.2) is 24.3 Å². The third-order valence-corrected chi connectivity index (χ3v) is 6.61. The number of nitrogens with zero attached hydrogens (tertiary/aromatic N) is 2. The average Bonchev–Trinajstić information content (AvgIpc) is 2.88. The van der Waals surface area contributed by atoms with Crippen molar-refractivity contribution in [3.8, 4) is 23.0 Å². The molecule has 0 aliphatic carbocycles. The van der Waals surface area contributed by atoms with Gasteiger partial charge in [-0.05, 0) is 0 Å². The Morgan fingerprint density at radius 1 is 0.762 bits per heavy atom. The number of anilines is 4. The molecule has 4 amide bonds. The van der Waals surface area contributed by atoms with Gasteiger partial charge in [0, 0.05) is 51.2 Å². The minimum Gasteiger partial charge on any atom is -1.00 e. The second-order valence-electron chi connectivity index (χ2n) is 10.1. The van der Waals surface area contributed by atoms with Crippen molar-refractivity contribution in [2.24, 2.45) is 0 Å². The van der Waals surface area contributed by atoms with Crippen molar-refractivity contribution in [1.29, 1.82) is 0 Å². The van der Waals surface area contributed by atoms with Gasteiger partial charge in [-0.3, -0.25) is 24.1 Å². The third-order valence-electron chi connectivity index (χ3n) is 6.61. The highest BCUT2D eigenvalue weighted by Crippen LogP contribution is 2.37. The summed E-state index contributed by atoms with van der Waals surface area (Å²) >= 11 is 0. The van der Waals surface area contributed by atoms with Gasteiger partial charge in [0.15, 0.2) is 6.54 Å². The standard InChI is InChI=1S/C27H36N6O8.ClH/c1-16(34)28-18-12-24(40-4)20(10-22(18)36)30-26(38)14-32-6-8-33(3,9-7-32)15-27(39)31-21-11-23(37)19(29-17(2)35)13-25(21)41-5;/h10-13H,6-9,14-15H2,1-5H3,(H5-,28,29,30,31,34,35,36,37,38,39);1H. The van der Waals surface area contributed by atoms with Gasteiger partial charge < -0.3 is 57.8 Å². The Morgan fingerprint density at radius 2 is 1.19 bits per heavy atom. The number of carbonyl (C=O) groups is 4. The number of hydrogen-bond acceptors (Lipinski definition) is 9. The molecule has 0 unspecified atom stereocenters. The topological polar surface area (TPSA) is 179 Å². The number of amides is 4. The van der Waals surface area contributed by atoms with Gasteiger partial charge in [-0.25, -0.2) is 0 Å². The van der Waals surface area contributed by atoms with Crippen molar-refractivity contribution in [2.45, 2.75) is 13.8 Å². The molecular weight excluding hydrogens is 572 g/mol. The molecule has 3 rings (SSSR count). The Balaban J connectivity index is 0.00000616. The van der Waals surface area contributed by atoms with Crippen LogP contribution in [-0.4, -0.2) is 104 Å². The fourth-order valence-electron chi connectivity index (χ4n) is 4.48. The first-order valence-corrected chi connectivity index (χ1v) is 12.8. The van der Waals surface area contributed by atoms with Crippen LogP contribution in [0.3, 0.4) is 0 Å². The summed E-state index contributed by atoms with van der Waals surface area (Å²) in [6.07, 6.45) is 0. The lowest BCUT2D eigenvalue weighted by molar-refractivity contribution is -0.905. The van der Waals surface area contributed by atoms with Gasteiger partial charge in [0.1, 0.15) is 23.0 Å². The van der Waals surface area contributed by atoms with Gasteiger partial charge in [-0.1, -0.05) is 0 Å². The number of phenols is 2. The van der Waals surface area contributed by atoms with Crippen LogP contribution in [0.1, 0.15) is 13.8 Å². The molecule has 230 valence electrons. The summed E-state index contributed by atoms with van der Waals surface area (Å²) in [4.78, 5) is 50.3. The molecule has 0 bridgehead atoms. The molecule has 42 heavy (non-hydrogen) atoms. The van der Waals surface area contributed by atoms with Crippen LogP contribution < -0.4 is 43.1 Å². The number of aromatic hydroxyl groups is 2. The minimum absolute atomic E-state index is 0. The Kier molecular flexibility index (Phi) is 11.8. The Hall–Kier alpha value is -4.27. The van der Waals surface area contributed by atoms with Crippen LogP contribution in [0.25, 0.3) is 0 Å². The van der Waals surface area contributed by atoms with Crippen molar-refractivity contribution in [3.05, 3.63) is 24.3 Å². The first kappa shape index (κ1) is 33.9. The van der Waals surface area contributed by atoms with E-state index in [1.165, 1.54) is 52.3 Å². The van der Waals surface area contributed by atoms with E-state index >= 15 is 0 Å². The molecule has 0 saturated carbocycles. The summed E-state index contributed by atoms with van der Waals surface area (Å²) in [6.45, 7) is 5.24. The Labute approximate surface area is 250 Å². The predicted molar refractivity (Wildman–Crippen MR) is 152 cm³/mol. The Morgan fingerprint density at radius 3 is 1.60 bits per heavy atom. The first-order valence-electron chi connectivity index (χ1n) is 12.8. The summed E-state index contributed by atoms with van der Waals surface area (Å²) < 4.78 is 11.0. The maximum atomic E-state index is 12.9. The molecule has 1 fully saturated rings. The molecule has 1 heterocycles. The van der Waals surface area contributed by atoms with E-state index in [0.717, 1.165) is 0 Å². The van der Waals surface area contributed by atoms with E-state index in [0.29, 0.717) is 30.7 Å². The zero-order valence-corrected chi connectivity index (χ0v) is 24.9. The van der Waals surface area contributed by atoms with Gasteiger partial charge in [0.2, 0.25) is 17.7 Å². The van der Waals surface area contributed by atoms with E-state index in [2.05, 4.69) is 21.3 Å². The summed E-state index contributed by atoms with van der Waals surface area (Å²) in [7, 11) is 4.79. The molecule has 1 aliphatic rings. The molecule has 0 spiro atoms. The second-order valence-corrected chi connectivity index (χ2v) is 10.1. The van der Waals surface area contributed by atoms with Crippen molar-refractivity contribution in [3.63, 3.8) is 0 Å². The largest absolute Gasteiger partial charge is 1.00 e. The number of ether oxygens (including phenoxy) is 2. The number of methoxy groups -OCH3 is 2. The molecule has 0 radical (unpaired) electrons. The van der Waals surface area contributed by atoms with Crippen molar-refractivity contribution in [2.75, 3.05) is 81.8 Å².